The van der Waals surface area contributed by atoms with Crippen LogP contribution in [0, 0.1) is 21.7 Å². The summed E-state index contributed by atoms with van der Waals surface area (Å²) in [5, 5.41) is 31.7. The Labute approximate surface area is 89.8 Å². The zero-order valence-corrected chi connectivity index (χ0v) is 7.95. The minimum absolute atomic E-state index is 0.0543. The number of fused-ring (bicyclic) bond motifs is 1. The van der Waals surface area contributed by atoms with Crippen molar-refractivity contribution in [3.63, 3.8) is 0 Å². The SMILES string of the molecule is N#Cc1ccc2c(c1)[n+]([O-])cc(C=O)[n+]2[O-]. The van der Waals surface area contributed by atoms with Crippen LogP contribution in [0.25, 0.3) is 11.0 Å². The average molecular weight is 215 g/mol. The highest BCUT2D eigenvalue weighted by Gasteiger charge is 2.18. The number of nitriles is 1. The van der Waals surface area contributed by atoms with Crippen molar-refractivity contribution in [2.24, 2.45) is 0 Å². The van der Waals surface area contributed by atoms with Crippen LogP contribution in [-0.4, -0.2) is 6.29 Å². The molecule has 0 aliphatic carbocycles. The first-order valence-corrected chi connectivity index (χ1v) is 4.32. The largest absolute Gasteiger partial charge is 0.618 e. The van der Waals surface area contributed by atoms with Crippen molar-refractivity contribution in [2.75, 3.05) is 0 Å². The predicted octanol–water partition coefficient (Wildman–Crippen LogP) is -0.209. The smallest absolute Gasteiger partial charge is 0.322 e. The van der Waals surface area contributed by atoms with E-state index in [4.69, 9.17) is 5.26 Å². The van der Waals surface area contributed by atoms with Gasteiger partial charge in [-0.2, -0.15) is 14.7 Å². The maximum atomic E-state index is 11.6. The van der Waals surface area contributed by atoms with Gasteiger partial charge in [0.05, 0.1) is 11.6 Å². The molecule has 1 aromatic heterocycles. The summed E-state index contributed by atoms with van der Waals surface area (Å²) in [6.45, 7) is 0. The average Bonchev–Trinajstić information content (AvgIpc) is 2.33. The van der Waals surface area contributed by atoms with Gasteiger partial charge in [-0.25, -0.2) is 0 Å². The Hall–Kier alpha value is -2.68. The van der Waals surface area contributed by atoms with Gasteiger partial charge in [-0.05, 0) is 6.07 Å². The van der Waals surface area contributed by atoms with E-state index in [-0.39, 0.29) is 22.3 Å². The maximum absolute atomic E-state index is 11.6. The molecule has 1 heterocycles. The second-order valence-corrected chi connectivity index (χ2v) is 3.11. The summed E-state index contributed by atoms with van der Waals surface area (Å²) in [4.78, 5) is 10.5. The van der Waals surface area contributed by atoms with Crippen molar-refractivity contribution in [1.29, 1.82) is 5.26 Å². The standard InChI is InChI=1S/C10H5N3O3/c11-4-7-1-2-9-10(3-7)12(15)5-8(6-14)13(9)16/h1-3,5-6H. The minimum Gasteiger partial charge on any atom is -0.618 e. The fourth-order valence-corrected chi connectivity index (χ4v) is 1.40. The van der Waals surface area contributed by atoms with Crippen LogP contribution in [-0.2, 0) is 0 Å². The van der Waals surface area contributed by atoms with Gasteiger partial charge in [0, 0.05) is 12.1 Å². The molecule has 2 rings (SSSR count). The minimum atomic E-state index is -0.271. The molecule has 0 bridgehead atoms. The number of rotatable bonds is 1. The molecule has 0 aliphatic heterocycles. The Kier molecular flexibility index (Phi) is 2.14. The molecular formula is C10H5N3O3. The van der Waals surface area contributed by atoms with Crippen LogP contribution < -0.4 is 9.46 Å². The van der Waals surface area contributed by atoms with Crippen molar-refractivity contribution < 1.29 is 14.3 Å². The van der Waals surface area contributed by atoms with E-state index in [1.165, 1.54) is 18.2 Å². The topological polar surface area (TPSA) is 94.7 Å². The first-order chi connectivity index (χ1) is 7.67. The normalized spacial score (nSPS) is 9.94. The third-order valence-corrected chi connectivity index (χ3v) is 2.17. The van der Waals surface area contributed by atoms with Gasteiger partial charge in [0.15, 0.2) is 0 Å². The Morgan fingerprint density at radius 3 is 2.69 bits per heavy atom. The zero-order chi connectivity index (χ0) is 11.7. The molecular weight excluding hydrogens is 210 g/mol. The van der Waals surface area contributed by atoms with Gasteiger partial charge >= 0.3 is 5.69 Å². The van der Waals surface area contributed by atoms with Crippen molar-refractivity contribution in [2.45, 2.75) is 0 Å². The molecule has 0 saturated heterocycles. The summed E-state index contributed by atoms with van der Waals surface area (Å²) in [6.07, 6.45) is 1.18. The molecule has 6 heteroatoms. The number of benzene rings is 1. The number of hydrogen-bond acceptors (Lipinski definition) is 4. The van der Waals surface area contributed by atoms with Crippen molar-refractivity contribution in [1.82, 2.24) is 0 Å². The summed E-state index contributed by atoms with van der Waals surface area (Å²) in [7, 11) is 0. The van der Waals surface area contributed by atoms with E-state index < -0.39 is 0 Å². The monoisotopic (exact) mass is 215 g/mol. The highest BCUT2D eigenvalue weighted by atomic mass is 16.5. The molecule has 6 nitrogen and oxygen atoms in total. The molecule has 0 radical (unpaired) electrons. The number of aromatic nitrogens is 2. The van der Waals surface area contributed by atoms with Crippen LogP contribution in [0.5, 0.6) is 0 Å². The number of carbonyl (C=O) groups is 1. The van der Waals surface area contributed by atoms with E-state index >= 15 is 0 Å². The second kappa shape index (κ2) is 3.47. The molecule has 0 fully saturated rings. The highest BCUT2D eigenvalue weighted by molar-refractivity contribution is 5.74. The zero-order valence-electron chi connectivity index (χ0n) is 7.95. The summed E-state index contributed by atoms with van der Waals surface area (Å²) < 4.78 is 0.756. The van der Waals surface area contributed by atoms with Gasteiger partial charge in [0.25, 0.3) is 17.2 Å². The summed E-state index contributed by atoms with van der Waals surface area (Å²) in [5.41, 5.74) is 0.112. The van der Waals surface area contributed by atoms with Gasteiger partial charge in [-0.3, -0.25) is 4.79 Å². The quantitative estimate of drug-likeness (QED) is 0.373. The lowest BCUT2D eigenvalue weighted by molar-refractivity contribution is -0.629. The van der Waals surface area contributed by atoms with E-state index in [1.54, 1.807) is 0 Å². The lowest BCUT2D eigenvalue weighted by Gasteiger charge is -2.04. The molecule has 1 aromatic carbocycles. The molecule has 0 N–H and O–H groups in total. The number of hydrogen-bond donors (Lipinski definition) is 0. The van der Waals surface area contributed by atoms with E-state index in [0.717, 1.165) is 6.20 Å². The van der Waals surface area contributed by atoms with Gasteiger partial charge in [0.1, 0.15) is 0 Å². The first-order valence-electron chi connectivity index (χ1n) is 4.32. The lowest BCUT2D eigenvalue weighted by atomic mass is 10.2. The van der Waals surface area contributed by atoms with Crippen molar-refractivity contribution in [3.8, 4) is 6.07 Å². The van der Waals surface area contributed by atoms with Crippen LogP contribution in [0.3, 0.4) is 0 Å². The van der Waals surface area contributed by atoms with Gasteiger partial charge in [-0.15, -0.1) is 0 Å². The van der Waals surface area contributed by atoms with Crippen LogP contribution in [0.2, 0.25) is 0 Å². The molecule has 16 heavy (non-hydrogen) atoms. The summed E-state index contributed by atoms with van der Waals surface area (Å²) in [5.74, 6) is 0. The fourth-order valence-electron chi connectivity index (χ4n) is 1.40. The van der Waals surface area contributed by atoms with Crippen LogP contribution in [0.1, 0.15) is 16.1 Å². The number of carbonyl (C=O) groups excluding carboxylic acids is 1. The Morgan fingerprint density at radius 1 is 1.31 bits per heavy atom. The number of nitrogens with zero attached hydrogens (tertiary/aromatic N) is 3. The molecule has 0 unspecified atom stereocenters. The number of aldehydes is 1. The lowest BCUT2D eigenvalue weighted by Crippen LogP contribution is -2.41. The van der Waals surface area contributed by atoms with E-state index in [0.29, 0.717) is 15.7 Å². The third-order valence-electron chi connectivity index (χ3n) is 2.17. The molecule has 78 valence electrons. The Balaban J connectivity index is 2.90. The molecule has 0 spiro atoms. The third kappa shape index (κ3) is 1.31. The molecule has 0 atom stereocenters. The molecule has 0 saturated carbocycles. The Morgan fingerprint density at radius 2 is 2.06 bits per heavy atom. The first kappa shape index (κ1) is 9.86. The van der Waals surface area contributed by atoms with Crippen LogP contribution in [0.15, 0.2) is 24.4 Å². The van der Waals surface area contributed by atoms with Gasteiger partial charge in [-0.1, -0.05) is 0 Å². The van der Waals surface area contributed by atoms with Crippen LogP contribution >= 0.6 is 0 Å². The molecule has 2 aromatic rings. The van der Waals surface area contributed by atoms with Crippen molar-refractivity contribution >= 4 is 17.3 Å². The molecule has 0 aliphatic rings. The van der Waals surface area contributed by atoms with E-state index in [2.05, 4.69) is 0 Å². The fraction of sp³-hybridized carbons (Fsp3) is 0. The van der Waals surface area contributed by atoms with Crippen molar-refractivity contribution in [3.05, 3.63) is 46.1 Å². The highest BCUT2D eigenvalue weighted by Crippen LogP contribution is 2.08. The van der Waals surface area contributed by atoms with Gasteiger partial charge < -0.3 is 10.4 Å². The Bertz CT molecular complexity index is 631. The maximum Gasteiger partial charge on any atom is 0.322 e. The second-order valence-electron chi connectivity index (χ2n) is 3.11. The predicted molar refractivity (Wildman–Crippen MR) is 52.0 cm³/mol. The summed E-state index contributed by atoms with van der Waals surface area (Å²) >= 11 is 0. The van der Waals surface area contributed by atoms with Gasteiger partial charge in [0.2, 0.25) is 6.29 Å². The molecule has 0 amide bonds. The van der Waals surface area contributed by atoms with Crippen LogP contribution in [0.4, 0.5) is 0 Å². The van der Waals surface area contributed by atoms with E-state index in [1.807, 2.05) is 6.07 Å². The summed E-state index contributed by atoms with van der Waals surface area (Å²) in [6, 6.07) is 5.90. The van der Waals surface area contributed by atoms with E-state index in [9.17, 15) is 15.2 Å².